The molecule has 1 saturated carbocycles. The Labute approximate surface area is 102 Å². The first-order valence-corrected chi connectivity index (χ1v) is 6.03. The highest BCUT2D eigenvalue weighted by atomic mass is 16.5. The van der Waals surface area contributed by atoms with E-state index in [1.165, 1.54) is 0 Å². The molecule has 2 unspecified atom stereocenters. The van der Waals surface area contributed by atoms with Crippen molar-refractivity contribution in [1.82, 2.24) is 5.32 Å². The molecule has 0 aliphatic heterocycles. The summed E-state index contributed by atoms with van der Waals surface area (Å²) in [6.07, 6.45) is 1.59. The third-order valence-corrected chi connectivity index (χ3v) is 3.29. The number of rotatable bonds is 4. The molecule has 1 aliphatic carbocycles. The number of nitrogens with one attached hydrogen (secondary N) is 1. The molecule has 1 rings (SSSR count). The van der Waals surface area contributed by atoms with Crippen LogP contribution in [0.2, 0.25) is 0 Å². The van der Waals surface area contributed by atoms with Crippen molar-refractivity contribution in [1.29, 1.82) is 0 Å². The van der Waals surface area contributed by atoms with Gasteiger partial charge in [0, 0.05) is 6.04 Å². The fourth-order valence-electron chi connectivity index (χ4n) is 2.08. The monoisotopic (exact) mass is 243 g/mol. The van der Waals surface area contributed by atoms with Gasteiger partial charge in [0.2, 0.25) is 0 Å². The molecule has 0 aromatic carbocycles. The van der Waals surface area contributed by atoms with E-state index in [4.69, 9.17) is 4.74 Å². The summed E-state index contributed by atoms with van der Waals surface area (Å²) in [5.74, 6) is -0.584. The number of hydrogen-bond donors (Lipinski definition) is 2. The lowest BCUT2D eigenvalue weighted by molar-refractivity contribution is -0.148. The Hall–Kier alpha value is -1.26. The fourth-order valence-corrected chi connectivity index (χ4v) is 2.08. The number of hydrogen-bond acceptors (Lipinski definition) is 3. The molecule has 2 atom stereocenters. The molecule has 17 heavy (non-hydrogen) atoms. The van der Waals surface area contributed by atoms with Crippen molar-refractivity contribution >= 4 is 12.1 Å². The second kappa shape index (κ2) is 5.38. The predicted octanol–water partition coefficient (Wildman–Crippen LogP) is 2.01. The van der Waals surface area contributed by atoms with E-state index in [0.717, 1.165) is 6.42 Å². The van der Waals surface area contributed by atoms with Crippen molar-refractivity contribution < 1.29 is 19.4 Å². The summed E-state index contributed by atoms with van der Waals surface area (Å²) in [6.45, 7) is 5.92. The second-order valence-electron chi connectivity index (χ2n) is 5.30. The van der Waals surface area contributed by atoms with Crippen LogP contribution in [0.1, 0.15) is 40.0 Å². The minimum Gasteiger partial charge on any atom is -0.481 e. The molecule has 1 amide bonds. The second-order valence-corrected chi connectivity index (χ2v) is 5.30. The first-order chi connectivity index (χ1) is 7.86. The van der Waals surface area contributed by atoms with E-state index in [0.29, 0.717) is 19.4 Å². The molecule has 5 nitrogen and oxygen atoms in total. The van der Waals surface area contributed by atoms with Crippen LogP contribution in [-0.4, -0.2) is 29.8 Å². The van der Waals surface area contributed by atoms with E-state index < -0.39 is 17.5 Å². The van der Waals surface area contributed by atoms with Crippen LogP contribution in [0.4, 0.5) is 4.79 Å². The Kier molecular flexibility index (Phi) is 4.37. The van der Waals surface area contributed by atoms with Gasteiger partial charge in [-0.2, -0.15) is 0 Å². The van der Waals surface area contributed by atoms with Crippen molar-refractivity contribution in [2.75, 3.05) is 6.61 Å². The number of alkyl carbamates (subject to hydrolysis) is 1. The minimum atomic E-state index is -0.864. The average Bonchev–Trinajstić information content (AvgIpc) is 2.59. The van der Waals surface area contributed by atoms with Gasteiger partial charge in [-0.1, -0.05) is 20.3 Å². The van der Waals surface area contributed by atoms with Crippen molar-refractivity contribution in [3.8, 4) is 0 Å². The summed E-state index contributed by atoms with van der Waals surface area (Å²) in [7, 11) is 0. The highest BCUT2D eigenvalue weighted by molar-refractivity contribution is 5.77. The number of carboxylic acid groups (broad SMARTS) is 1. The molecular weight excluding hydrogens is 222 g/mol. The van der Waals surface area contributed by atoms with E-state index in [2.05, 4.69) is 5.32 Å². The fraction of sp³-hybridized carbons (Fsp3) is 0.833. The van der Waals surface area contributed by atoms with Gasteiger partial charge < -0.3 is 15.2 Å². The number of amides is 1. The van der Waals surface area contributed by atoms with Gasteiger partial charge in [-0.05, 0) is 25.7 Å². The minimum absolute atomic E-state index is 0.273. The zero-order chi connectivity index (χ0) is 13.1. The molecule has 0 radical (unpaired) electrons. The number of ether oxygens (including phenoxy) is 1. The molecule has 5 heteroatoms. The Bertz CT molecular complexity index is 303. The molecule has 0 aromatic rings. The maximum absolute atomic E-state index is 11.5. The topological polar surface area (TPSA) is 75.6 Å². The zero-order valence-electron chi connectivity index (χ0n) is 10.7. The van der Waals surface area contributed by atoms with Crippen LogP contribution < -0.4 is 5.32 Å². The molecule has 0 spiro atoms. The van der Waals surface area contributed by atoms with Crippen LogP contribution in [-0.2, 0) is 9.53 Å². The lowest BCUT2D eigenvalue weighted by Gasteiger charge is -2.27. The standard InChI is InChI=1S/C12H21NO4/c1-8(2)7-17-11(16)13-9-5-4-6-12(9,3)10(14)15/h8-9H,4-7H2,1-3H3,(H,13,16)(H,14,15). The van der Waals surface area contributed by atoms with Gasteiger partial charge in [0.05, 0.1) is 12.0 Å². The van der Waals surface area contributed by atoms with Gasteiger partial charge in [0.15, 0.2) is 0 Å². The average molecular weight is 243 g/mol. The smallest absolute Gasteiger partial charge is 0.407 e. The van der Waals surface area contributed by atoms with E-state index in [1.807, 2.05) is 13.8 Å². The summed E-state index contributed by atoms with van der Waals surface area (Å²) in [5.41, 5.74) is -0.864. The molecule has 0 aromatic heterocycles. The van der Waals surface area contributed by atoms with Gasteiger partial charge in [-0.25, -0.2) is 4.79 Å². The van der Waals surface area contributed by atoms with Gasteiger partial charge in [-0.15, -0.1) is 0 Å². The van der Waals surface area contributed by atoms with Gasteiger partial charge >= 0.3 is 12.1 Å². The van der Waals surface area contributed by atoms with Crippen LogP contribution in [0.5, 0.6) is 0 Å². The third kappa shape index (κ3) is 3.35. The highest BCUT2D eigenvalue weighted by Gasteiger charge is 2.46. The predicted molar refractivity (Wildman–Crippen MR) is 62.7 cm³/mol. The molecule has 0 bridgehead atoms. The quantitative estimate of drug-likeness (QED) is 0.792. The maximum Gasteiger partial charge on any atom is 0.407 e. The Balaban J connectivity index is 2.50. The number of carboxylic acids is 1. The van der Waals surface area contributed by atoms with Gasteiger partial charge in [0.25, 0.3) is 0 Å². The van der Waals surface area contributed by atoms with E-state index in [1.54, 1.807) is 6.92 Å². The van der Waals surface area contributed by atoms with E-state index >= 15 is 0 Å². The summed E-state index contributed by atoms with van der Waals surface area (Å²) in [5, 5.41) is 11.8. The summed E-state index contributed by atoms with van der Waals surface area (Å²) in [4.78, 5) is 22.7. The molecule has 98 valence electrons. The molecular formula is C12H21NO4. The van der Waals surface area contributed by atoms with Crippen molar-refractivity contribution in [2.24, 2.45) is 11.3 Å². The lowest BCUT2D eigenvalue weighted by atomic mass is 9.85. The lowest BCUT2D eigenvalue weighted by Crippen LogP contribution is -2.47. The normalized spacial score (nSPS) is 28.1. The van der Waals surface area contributed by atoms with Crippen LogP contribution in [0.25, 0.3) is 0 Å². The van der Waals surface area contributed by atoms with Crippen LogP contribution in [0.15, 0.2) is 0 Å². The zero-order valence-corrected chi connectivity index (χ0v) is 10.7. The van der Waals surface area contributed by atoms with Crippen molar-refractivity contribution in [3.63, 3.8) is 0 Å². The molecule has 1 aliphatic rings. The number of carbonyl (C=O) groups excluding carboxylic acids is 1. The SMILES string of the molecule is CC(C)COC(=O)NC1CCCC1(C)C(=O)O. The van der Waals surface area contributed by atoms with E-state index in [9.17, 15) is 14.7 Å². The molecule has 2 N–H and O–H groups in total. The maximum atomic E-state index is 11.5. The van der Waals surface area contributed by atoms with Crippen LogP contribution >= 0.6 is 0 Å². The van der Waals surface area contributed by atoms with Crippen molar-refractivity contribution in [3.05, 3.63) is 0 Å². The first-order valence-electron chi connectivity index (χ1n) is 6.03. The number of carbonyl (C=O) groups is 2. The number of aliphatic carboxylic acids is 1. The Morgan fingerprint density at radius 3 is 2.71 bits per heavy atom. The van der Waals surface area contributed by atoms with Crippen LogP contribution in [0.3, 0.4) is 0 Å². The van der Waals surface area contributed by atoms with Crippen LogP contribution in [0, 0.1) is 11.3 Å². The van der Waals surface area contributed by atoms with Gasteiger partial charge in [0.1, 0.15) is 0 Å². The highest BCUT2D eigenvalue weighted by Crippen LogP contribution is 2.38. The summed E-state index contributed by atoms with van der Waals surface area (Å²) >= 11 is 0. The van der Waals surface area contributed by atoms with Gasteiger partial charge in [-0.3, -0.25) is 4.79 Å². The summed E-state index contributed by atoms with van der Waals surface area (Å²) < 4.78 is 5.00. The Morgan fingerprint density at radius 1 is 1.53 bits per heavy atom. The molecule has 0 saturated heterocycles. The third-order valence-electron chi connectivity index (χ3n) is 3.29. The van der Waals surface area contributed by atoms with Crippen molar-refractivity contribution in [2.45, 2.75) is 46.1 Å². The Morgan fingerprint density at radius 2 is 2.18 bits per heavy atom. The first kappa shape index (κ1) is 13.8. The molecule has 0 heterocycles. The molecule has 1 fully saturated rings. The summed E-state index contributed by atoms with van der Waals surface area (Å²) in [6, 6.07) is -0.334. The van der Waals surface area contributed by atoms with E-state index in [-0.39, 0.29) is 12.0 Å². The largest absolute Gasteiger partial charge is 0.481 e.